The van der Waals surface area contributed by atoms with E-state index in [9.17, 15) is 9.59 Å². The number of nitrogens with zero attached hydrogens (tertiary/aromatic N) is 1. The van der Waals surface area contributed by atoms with Crippen molar-refractivity contribution >= 4 is 23.4 Å². The maximum absolute atomic E-state index is 11.6. The number of hydrogen-bond donors (Lipinski definition) is 2. The third-order valence-corrected chi connectivity index (χ3v) is 3.02. The maximum atomic E-state index is 11.6. The van der Waals surface area contributed by atoms with Crippen LogP contribution in [0, 0.1) is 5.92 Å². The van der Waals surface area contributed by atoms with E-state index >= 15 is 0 Å². The Hall–Kier alpha value is -2.37. The Bertz CT molecular complexity index is 533. The average Bonchev–Trinajstić information content (AvgIpc) is 3.29. The van der Waals surface area contributed by atoms with Crippen molar-refractivity contribution in [1.29, 1.82) is 0 Å². The molecule has 1 saturated carbocycles. The first-order valence-electron chi connectivity index (χ1n) is 6.39. The second-order valence-electron chi connectivity index (χ2n) is 4.64. The summed E-state index contributed by atoms with van der Waals surface area (Å²) in [6, 6.07) is 7.29. The number of hydrogen-bond acceptors (Lipinski definition) is 4. The van der Waals surface area contributed by atoms with Gasteiger partial charge >= 0.3 is 6.09 Å². The second kappa shape index (κ2) is 6.18. The number of anilines is 1. The summed E-state index contributed by atoms with van der Waals surface area (Å²) < 4.78 is 4.42. The monoisotopic (exact) mass is 275 g/mol. The van der Waals surface area contributed by atoms with Crippen LogP contribution in [-0.4, -0.2) is 24.8 Å². The van der Waals surface area contributed by atoms with E-state index in [1.54, 1.807) is 6.92 Å². The molecular formula is C14H17N3O3. The van der Waals surface area contributed by atoms with Gasteiger partial charge in [0.05, 0.1) is 12.8 Å². The van der Waals surface area contributed by atoms with E-state index in [2.05, 4.69) is 20.6 Å². The number of carbonyl (C=O) groups is 2. The molecule has 0 radical (unpaired) electrons. The van der Waals surface area contributed by atoms with E-state index in [1.807, 2.05) is 24.3 Å². The lowest BCUT2D eigenvalue weighted by Gasteiger charge is -2.06. The van der Waals surface area contributed by atoms with Crippen molar-refractivity contribution in [2.75, 3.05) is 12.4 Å². The van der Waals surface area contributed by atoms with E-state index < -0.39 is 6.09 Å². The van der Waals surface area contributed by atoms with Crippen LogP contribution < -0.4 is 10.7 Å². The molecule has 2 rings (SSSR count). The third-order valence-electron chi connectivity index (χ3n) is 3.02. The fraction of sp³-hybridized carbons (Fsp3) is 0.357. The number of nitrogens with one attached hydrogen (secondary N) is 2. The lowest BCUT2D eigenvalue weighted by molar-refractivity contribution is -0.117. The number of benzene rings is 1. The molecule has 1 aromatic carbocycles. The van der Waals surface area contributed by atoms with Gasteiger partial charge < -0.3 is 10.1 Å². The summed E-state index contributed by atoms with van der Waals surface area (Å²) in [4.78, 5) is 22.5. The summed E-state index contributed by atoms with van der Waals surface area (Å²) in [6.07, 6.45) is 1.35. The number of carbonyl (C=O) groups excluding carboxylic acids is 2. The van der Waals surface area contributed by atoms with Crippen LogP contribution in [0.25, 0.3) is 0 Å². The van der Waals surface area contributed by atoms with Gasteiger partial charge in [-0.05, 0) is 37.5 Å². The van der Waals surface area contributed by atoms with Gasteiger partial charge in [0.1, 0.15) is 0 Å². The van der Waals surface area contributed by atoms with Gasteiger partial charge in [0.15, 0.2) is 0 Å². The van der Waals surface area contributed by atoms with Crippen LogP contribution in [0.2, 0.25) is 0 Å². The highest BCUT2D eigenvalue weighted by Gasteiger charge is 2.29. The van der Waals surface area contributed by atoms with Crippen molar-refractivity contribution in [3.63, 3.8) is 0 Å². The molecule has 2 N–H and O–H groups in total. The van der Waals surface area contributed by atoms with Crippen molar-refractivity contribution in [3.05, 3.63) is 29.8 Å². The summed E-state index contributed by atoms with van der Waals surface area (Å²) in [7, 11) is 1.28. The van der Waals surface area contributed by atoms with Crippen LogP contribution >= 0.6 is 0 Å². The molecule has 0 bridgehead atoms. The van der Waals surface area contributed by atoms with E-state index in [-0.39, 0.29) is 11.8 Å². The Kier molecular flexibility index (Phi) is 4.34. The lowest BCUT2D eigenvalue weighted by atomic mass is 10.1. The van der Waals surface area contributed by atoms with Gasteiger partial charge in [-0.1, -0.05) is 12.1 Å². The molecule has 1 aliphatic carbocycles. The average molecular weight is 275 g/mol. The fourth-order valence-electron chi connectivity index (χ4n) is 1.62. The minimum Gasteiger partial charge on any atom is -0.452 e. The smallest absolute Gasteiger partial charge is 0.427 e. The molecule has 6 nitrogen and oxygen atoms in total. The van der Waals surface area contributed by atoms with Gasteiger partial charge in [-0.25, -0.2) is 10.2 Å². The van der Waals surface area contributed by atoms with Gasteiger partial charge in [0, 0.05) is 11.6 Å². The SMILES string of the molecule is COC(=O)N/N=C(\C)c1ccc(NC(=O)C2CC2)cc1. The standard InChI is InChI=1S/C14H17N3O3/c1-9(16-17-14(19)20-2)10-5-7-12(8-6-10)15-13(18)11-3-4-11/h5-8,11H,3-4H2,1-2H3,(H,15,18)(H,17,19)/b16-9+. The molecule has 2 amide bonds. The molecule has 1 aliphatic rings. The van der Waals surface area contributed by atoms with Crippen molar-refractivity contribution in [2.45, 2.75) is 19.8 Å². The summed E-state index contributed by atoms with van der Waals surface area (Å²) in [5.74, 6) is 0.262. The lowest BCUT2D eigenvalue weighted by Crippen LogP contribution is -2.18. The van der Waals surface area contributed by atoms with Crippen molar-refractivity contribution < 1.29 is 14.3 Å². The zero-order valence-corrected chi connectivity index (χ0v) is 11.5. The number of ether oxygens (including phenoxy) is 1. The summed E-state index contributed by atoms with van der Waals surface area (Å²) in [5.41, 5.74) is 4.52. The highest BCUT2D eigenvalue weighted by atomic mass is 16.5. The van der Waals surface area contributed by atoms with Gasteiger partial charge in [-0.15, -0.1) is 0 Å². The highest BCUT2D eigenvalue weighted by Crippen LogP contribution is 2.30. The molecular weight excluding hydrogens is 258 g/mol. The summed E-state index contributed by atoms with van der Waals surface area (Å²) in [6.45, 7) is 1.77. The molecule has 1 fully saturated rings. The summed E-state index contributed by atoms with van der Waals surface area (Å²) in [5, 5.41) is 6.76. The fourth-order valence-corrected chi connectivity index (χ4v) is 1.62. The zero-order valence-electron chi connectivity index (χ0n) is 11.5. The van der Waals surface area contributed by atoms with Crippen molar-refractivity contribution in [3.8, 4) is 0 Å². The molecule has 0 spiro atoms. The predicted molar refractivity (Wildman–Crippen MR) is 75.5 cm³/mol. The van der Waals surface area contributed by atoms with Crippen LogP contribution in [0.3, 0.4) is 0 Å². The number of hydrazone groups is 1. The molecule has 0 aromatic heterocycles. The topological polar surface area (TPSA) is 79.8 Å². The van der Waals surface area contributed by atoms with E-state index in [1.165, 1.54) is 7.11 Å². The first-order chi connectivity index (χ1) is 9.60. The van der Waals surface area contributed by atoms with E-state index in [4.69, 9.17) is 0 Å². The molecule has 1 aromatic rings. The normalized spacial score (nSPS) is 14.6. The van der Waals surface area contributed by atoms with Crippen molar-refractivity contribution in [2.24, 2.45) is 11.0 Å². The largest absolute Gasteiger partial charge is 0.452 e. The molecule has 0 atom stereocenters. The Labute approximate surface area is 117 Å². The number of rotatable bonds is 4. The second-order valence-corrected chi connectivity index (χ2v) is 4.64. The minimum atomic E-state index is -0.613. The molecule has 0 unspecified atom stereocenters. The van der Waals surface area contributed by atoms with E-state index in [0.29, 0.717) is 5.71 Å². The van der Waals surface area contributed by atoms with Crippen LogP contribution in [0.15, 0.2) is 29.4 Å². The van der Waals surface area contributed by atoms with Crippen LogP contribution in [0.5, 0.6) is 0 Å². The van der Waals surface area contributed by atoms with Gasteiger partial charge in [-0.3, -0.25) is 4.79 Å². The first-order valence-corrected chi connectivity index (χ1v) is 6.39. The molecule has 106 valence electrons. The zero-order chi connectivity index (χ0) is 14.5. The molecule has 0 saturated heterocycles. The van der Waals surface area contributed by atoms with Crippen molar-refractivity contribution in [1.82, 2.24) is 5.43 Å². The molecule has 0 aliphatic heterocycles. The third kappa shape index (κ3) is 3.81. The Balaban J connectivity index is 1.96. The molecule has 0 heterocycles. The predicted octanol–water partition coefficient (Wildman–Crippen LogP) is 2.12. The van der Waals surface area contributed by atoms with Gasteiger partial charge in [0.2, 0.25) is 5.91 Å². The van der Waals surface area contributed by atoms with Crippen LogP contribution in [-0.2, 0) is 9.53 Å². The minimum absolute atomic E-state index is 0.0792. The van der Waals surface area contributed by atoms with Gasteiger partial charge in [0.25, 0.3) is 0 Å². The summed E-state index contributed by atoms with van der Waals surface area (Å²) >= 11 is 0. The number of amides is 2. The van der Waals surface area contributed by atoms with Crippen LogP contribution in [0.1, 0.15) is 25.3 Å². The molecule has 20 heavy (non-hydrogen) atoms. The Morgan fingerprint density at radius 1 is 1.25 bits per heavy atom. The van der Waals surface area contributed by atoms with E-state index in [0.717, 1.165) is 24.1 Å². The first kappa shape index (κ1) is 14.0. The quantitative estimate of drug-likeness (QED) is 0.652. The van der Waals surface area contributed by atoms with Crippen LogP contribution in [0.4, 0.5) is 10.5 Å². The highest BCUT2D eigenvalue weighted by molar-refractivity contribution is 6.00. The Morgan fingerprint density at radius 3 is 2.45 bits per heavy atom. The van der Waals surface area contributed by atoms with Gasteiger partial charge in [-0.2, -0.15) is 5.10 Å². The number of methoxy groups -OCH3 is 1. The molecule has 6 heteroatoms. The maximum Gasteiger partial charge on any atom is 0.427 e. The Morgan fingerprint density at radius 2 is 1.90 bits per heavy atom.